The Kier molecular flexibility index (Phi) is 7.53. The van der Waals surface area contributed by atoms with Crippen LogP contribution in [0.15, 0.2) is 48.8 Å². The quantitative estimate of drug-likeness (QED) is 0.687. The number of pyridine rings is 1. The molecule has 4 rings (SSSR count). The zero-order valence-electron chi connectivity index (χ0n) is 18.8. The van der Waals surface area contributed by atoms with E-state index in [1.54, 1.807) is 0 Å². The Bertz CT molecular complexity index is 762. The molecule has 0 N–H and O–H groups in total. The molecule has 2 aliphatic rings. The number of hydrogen-bond donors (Lipinski definition) is 0. The highest BCUT2D eigenvalue weighted by molar-refractivity contribution is 5.25. The highest BCUT2D eigenvalue weighted by atomic mass is 15.2. The van der Waals surface area contributed by atoms with Crippen molar-refractivity contribution in [2.24, 2.45) is 5.92 Å². The molecule has 4 heteroatoms. The standard InChI is InChI=1S/C26H38N4/c1-22-6-3-4-8-25(22)21-29-16-9-23(10-17-29)19-30(20-24-7-5-13-27-18-24)26-11-14-28(2)15-12-26/h3-8,13,18,23,26H,9-12,14-17,19-21H2,1-2H3. The molecule has 3 heterocycles. The highest BCUT2D eigenvalue weighted by Gasteiger charge is 2.27. The summed E-state index contributed by atoms with van der Waals surface area (Å²) in [5.74, 6) is 0.814. The van der Waals surface area contributed by atoms with Crippen molar-refractivity contribution in [3.05, 3.63) is 65.5 Å². The van der Waals surface area contributed by atoms with Gasteiger partial charge in [0.1, 0.15) is 0 Å². The second-order valence-electron chi connectivity index (χ2n) is 9.47. The van der Waals surface area contributed by atoms with Gasteiger partial charge in [0.2, 0.25) is 0 Å². The second kappa shape index (κ2) is 10.5. The molecule has 1 aromatic heterocycles. The summed E-state index contributed by atoms with van der Waals surface area (Å²) in [5.41, 5.74) is 4.26. The third-order valence-corrected chi connectivity index (χ3v) is 7.17. The molecule has 162 valence electrons. The number of nitrogens with zero attached hydrogens (tertiary/aromatic N) is 4. The zero-order chi connectivity index (χ0) is 20.8. The van der Waals surface area contributed by atoms with Crippen LogP contribution in [-0.4, -0.2) is 65.5 Å². The lowest BCUT2D eigenvalue weighted by Gasteiger charge is -2.41. The Balaban J connectivity index is 1.33. The smallest absolute Gasteiger partial charge is 0.0312 e. The van der Waals surface area contributed by atoms with Crippen molar-refractivity contribution in [2.45, 2.75) is 51.7 Å². The predicted molar refractivity (Wildman–Crippen MR) is 124 cm³/mol. The zero-order valence-corrected chi connectivity index (χ0v) is 18.8. The summed E-state index contributed by atoms with van der Waals surface area (Å²) < 4.78 is 0. The molecule has 1 aromatic carbocycles. The number of piperidine rings is 2. The molecule has 2 saturated heterocycles. The van der Waals surface area contributed by atoms with Gasteiger partial charge in [0.25, 0.3) is 0 Å². The highest BCUT2D eigenvalue weighted by Crippen LogP contribution is 2.25. The molecule has 4 nitrogen and oxygen atoms in total. The molecule has 2 aliphatic heterocycles. The molecule has 0 atom stereocenters. The van der Waals surface area contributed by atoms with Gasteiger partial charge in [-0.2, -0.15) is 0 Å². The van der Waals surface area contributed by atoms with Crippen LogP contribution in [0.1, 0.15) is 42.4 Å². The van der Waals surface area contributed by atoms with E-state index in [9.17, 15) is 0 Å². The van der Waals surface area contributed by atoms with Gasteiger partial charge < -0.3 is 4.90 Å². The fourth-order valence-corrected chi connectivity index (χ4v) is 5.12. The van der Waals surface area contributed by atoms with Gasteiger partial charge in [-0.25, -0.2) is 0 Å². The number of benzene rings is 1. The summed E-state index contributed by atoms with van der Waals surface area (Å²) in [6.45, 7) is 10.5. The molecule has 30 heavy (non-hydrogen) atoms. The summed E-state index contributed by atoms with van der Waals surface area (Å²) in [4.78, 5) is 12.3. The van der Waals surface area contributed by atoms with Crippen LogP contribution in [0.4, 0.5) is 0 Å². The lowest BCUT2D eigenvalue weighted by atomic mass is 9.93. The maximum absolute atomic E-state index is 4.36. The minimum Gasteiger partial charge on any atom is -0.306 e. The summed E-state index contributed by atoms with van der Waals surface area (Å²) in [6.07, 6.45) is 9.16. The molecule has 0 spiro atoms. The first kappa shape index (κ1) is 21.5. The number of aryl methyl sites for hydroxylation is 1. The first-order chi connectivity index (χ1) is 14.7. The van der Waals surface area contributed by atoms with Crippen LogP contribution in [0.3, 0.4) is 0 Å². The molecule has 2 fully saturated rings. The Hall–Kier alpha value is -1.75. The summed E-state index contributed by atoms with van der Waals surface area (Å²) >= 11 is 0. The van der Waals surface area contributed by atoms with Crippen molar-refractivity contribution in [2.75, 3.05) is 39.8 Å². The summed E-state index contributed by atoms with van der Waals surface area (Å²) in [5, 5.41) is 0. The van der Waals surface area contributed by atoms with Crippen molar-refractivity contribution in [3.8, 4) is 0 Å². The van der Waals surface area contributed by atoms with Gasteiger partial charge in [0.15, 0.2) is 0 Å². The lowest BCUT2D eigenvalue weighted by molar-refractivity contribution is 0.0766. The maximum atomic E-state index is 4.36. The normalized spacial score (nSPS) is 20.1. The van der Waals surface area contributed by atoms with E-state index in [0.717, 1.165) is 19.0 Å². The van der Waals surface area contributed by atoms with Crippen LogP contribution in [0.5, 0.6) is 0 Å². The summed E-state index contributed by atoms with van der Waals surface area (Å²) in [6, 6.07) is 13.9. The largest absolute Gasteiger partial charge is 0.306 e. The Morgan fingerprint density at radius 2 is 1.73 bits per heavy atom. The number of hydrogen-bond acceptors (Lipinski definition) is 4. The van der Waals surface area contributed by atoms with Gasteiger partial charge in [0.05, 0.1) is 0 Å². The van der Waals surface area contributed by atoms with Gasteiger partial charge in [-0.05, 0) is 94.5 Å². The van der Waals surface area contributed by atoms with Gasteiger partial charge in [-0.1, -0.05) is 30.3 Å². The number of likely N-dealkylation sites (tertiary alicyclic amines) is 2. The van der Waals surface area contributed by atoms with Crippen LogP contribution in [0.25, 0.3) is 0 Å². The molecular weight excluding hydrogens is 368 g/mol. The topological polar surface area (TPSA) is 22.6 Å². The Morgan fingerprint density at radius 1 is 0.967 bits per heavy atom. The van der Waals surface area contributed by atoms with Crippen LogP contribution in [-0.2, 0) is 13.1 Å². The average Bonchev–Trinajstić information content (AvgIpc) is 2.77. The molecule has 0 aliphatic carbocycles. The van der Waals surface area contributed by atoms with Gasteiger partial charge in [-0.15, -0.1) is 0 Å². The molecule has 0 unspecified atom stereocenters. The Morgan fingerprint density at radius 3 is 2.43 bits per heavy atom. The van der Waals surface area contributed by atoms with Gasteiger partial charge in [0, 0.05) is 38.1 Å². The SMILES string of the molecule is Cc1ccccc1CN1CCC(CN(Cc2cccnc2)C2CCN(C)CC2)CC1. The van der Waals surface area contributed by atoms with E-state index in [1.165, 1.54) is 75.1 Å². The van der Waals surface area contributed by atoms with E-state index >= 15 is 0 Å². The lowest BCUT2D eigenvalue weighted by Crippen LogP contribution is -2.46. The van der Waals surface area contributed by atoms with E-state index in [1.807, 2.05) is 12.4 Å². The Labute approximate surface area is 182 Å². The van der Waals surface area contributed by atoms with E-state index in [-0.39, 0.29) is 0 Å². The minimum absolute atomic E-state index is 0.714. The van der Waals surface area contributed by atoms with Crippen molar-refractivity contribution < 1.29 is 0 Å². The van der Waals surface area contributed by atoms with E-state index < -0.39 is 0 Å². The number of aromatic nitrogens is 1. The average molecular weight is 407 g/mol. The molecule has 2 aromatic rings. The third-order valence-electron chi connectivity index (χ3n) is 7.17. The van der Waals surface area contributed by atoms with Crippen LogP contribution < -0.4 is 0 Å². The van der Waals surface area contributed by atoms with Crippen LogP contribution in [0.2, 0.25) is 0 Å². The number of rotatable bonds is 7. The first-order valence-electron chi connectivity index (χ1n) is 11.8. The maximum Gasteiger partial charge on any atom is 0.0312 e. The molecular formula is C26H38N4. The second-order valence-corrected chi connectivity index (χ2v) is 9.47. The van der Waals surface area contributed by atoms with Crippen LogP contribution >= 0.6 is 0 Å². The van der Waals surface area contributed by atoms with Crippen molar-refractivity contribution in [1.29, 1.82) is 0 Å². The van der Waals surface area contributed by atoms with Crippen molar-refractivity contribution in [1.82, 2.24) is 19.7 Å². The van der Waals surface area contributed by atoms with Crippen LogP contribution in [0, 0.1) is 12.8 Å². The van der Waals surface area contributed by atoms with Gasteiger partial charge >= 0.3 is 0 Å². The minimum atomic E-state index is 0.714. The van der Waals surface area contributed by atoms with E-state index in [2.05, 4.69) is 70.1 Å². The molecule has 0 amide bonds. The van der Waals surface area contributed by atoms with Crippen molar-refractivity contribution >= 4 is 0 Å². The molecule has 0 bridgehead atoms. The van der Waals surface area contributed by atoms with E-state index in [0.29, 0.717) is 6.04 Å². The van der Waals surface area contributed by atoms with Crippen molar-refractivity contribution in [3.63, 3.8) is 0 Å². The monoisotopic (exact) mass is 406 g/mol. The summed E-state index contributed by atoms with van der Waals surface area (Å²) in [7, 11) is 2.26. The first-order valence-corrected chi connectivity index (χ1v) is 11.8. The molecule has 0 radical (unpaired) electrons. The third kappa shape index (κ3) is 5.90. The molecule has 0 saturated carbocycles. The fraction of sp³-hybridized carbons (Fsp3) is 0.577. The fourth-order valence-electron chi connectivity index (χ4n) is 5.12. The van der Waals surface area contributed by atoms with E-state index in [4.69, 9.17) is 0 Å². The predicted octanol–water partition coefficient (Wildman–Crippen LogP) is 4.20. The van der Waals surface area contributed by atoms with Gasteiger partial charge in [-0.3, -0.25) is 14.8 Å².